The first-order chi connectivity index (χ1) is 6.24. The smallest absolute Gasteiger partial charge is 0.306 e. The molecule has 1 unspecified atom stereocenters. The lowest BCUT2D eigenvalue weighted by atomic mass is 10.2. The highest BCUT2D eigenvalue weighted by Crippen LogP contribution is 2.19. The van der Waals surface area contributed by atoms with E-state index >= 15 is 0 Å². The molecular formula is C10H16O3. The highest BCUT2D eigenvalue weighted by molar-refractivity contribution is 5.69. The average Bonchev–Trinajstić information content (AvgIpc) is 2.32. The second-order valence-electron chi connectivity index (χ2n) is 3.25. The van der Waals surface area contributed by atoms with Gasteiger partial charge < -0.3 is 9.84 Å². The summed E-state index contributed by atoms with van der Waals surface area (Å²) >= 11 is 0. The predicted molar refractivity (Wildman–Crippen MR) is 49.4 cm³/mol. The largest absolute Gasteiger partial charge is 0.509 e. The number of allylic oxidation sites excluding steroid dienone is 1. The van der Waals surface area contributed by atoms with Crippen molar-refractivity contribution < 1.29 is 14.6 Å². The minimum Gasteiger partial charge on any atom is -0.509 e. The van der Waals surface area contributed by atoms with E-state index in [1.54, 1.807) is 13.0 Å². The second-order valence-corrected chi connectivity index (χ2v) is 3.25. The fourth-order valence-corrected chi connectivity index (χ4v) is 1.36. The normalized spacial score (nSPS) is 23.2. The first-order valence-corrected chi connectivity index (χ1v) is 4.82. The van der Waals surface area contributed by atoms with Crippen molar-refractivity contribution in [1.29, 1.82) is 0 Å². The van der Waals surface area contributed by atoms with Crippen LogP contribution >= 0.6 is 0 Å². The summed E-state index contributed by atoms with van der Waals surface area (Å²) in [6, 6.07) is 0. The fourth-order valence-electron chi connectivity index (χ4n) is 1.36. The van der Waals surface area contributed by atoms with Gasteiger partial charge in [0.25, 0.3) is 0 Å². The molecular weight excluding hydrogens is 168 g/mol. The van der Waals surface area contributed by atoms with Gasteiger partial charge in [0, 0.05) is 6.42 Å². The van der Waals surface area contributed by atoms with E-state index in [-0.39, 0.29) is 11.7 Å². The Hall–Kier alpha value is -0.990. The van der Waals surface area contributed by atoms with Gasteiger partial charge in [0.1, 0.15) is 5.76 Å². The molecule has 3 nitrogen and oxygen atoms in total. The number of ether oxygens (including phenoxy) is 1. The molecule has 0 bridgehead atoms. The van der Waals surface area contributed by atoms with E-state index in [1.165, 1.54) is 0 Å². The fraction of sp³-hybridized carbons (Fsp3) is 0.700. The van der Waals surface area contributed by atoms with Gasteiger partial charge in [-0.25, -0.2) is 0 Å². The van der Waals surface area contributed by atoms with Crippen molar-refractivity contribution in [3.63, 3.8) is 0 Å². The van der Waals surface area contributed by atoms with Gasteiger partial charge in [-0.05, 0) is 31.8 Å². The van der Waals surface area contributed by atoms with Crippen LogP contribution in [0, 0.1) is 0 Å². The Bertz CT molecular complexity index is 208. The Labute approximate surface area is 78.4 Å². The number of rotatable bonds is 2. The van der Waals surface area contributed by atoms with Gasteiger partial charge in [-0.2, -0.15) is 0 Å². The van der Waals surface area contributed by atoms with Gasteiger partial charge in [-0.1, -0.05) is 6.92 Å². The Balaban J connectivity index is 2.50. The van der Waals surface area contributed by atoms with Gasteiger partial charge in [-0.15, -0.1) is 0 Å². The van der Waals surface area contributed by atoms with Gasteiger partial charge in [0.2, 0.25) is 0 Å². The zero-order chi connectivity index (χ0) is 9.68. The van der Waals surface area contributed by atoms with Gasteiger partial charge >= 0.3 is 5.97 Å². The molecule has 0 amide bonds. The molecule has 0 aromatic rings. The maximum Gasteiger partial charge on any atom is 0.306 e. The molecule has 0 saturated heterocycles. The third kappa shape index (κ3) is 3.09. The molecule has 74 valence electrons. The lowest BCUT2D eigenvalue weighted by Gasteiger charge is -2.14. The third-order valence-corrected chi connectivity index (χ3v) is 2.17. The average molecular weight is 184 g/mol. The zero-order valence-corrected chi connectivity index (χ0v) is 7.95. The summed E-state index contributed by atoms with van der Waals surface area (Å²) in [6.45, 7) is 1.75. The number of carbonyl (C=O) groups excluding carboxylic acids is 1. The molecule has 3 heteroatoms. The van der Waals surface area contributed by atoms with Crippen molar-refractivity contribution in [3.05, 3.63) is 11.8 Å². The van der Waals surface area contributed by atoms with Crippen molar-refractivity contribution in [2.75, 3.05) is 0 Å². The zero-order valence-electron chi connectivity index (χ0n) is 7.95. The molecule has 0 heterocycles. The summed E-state index contributed by atoms with van der Waals surface area (Å²) in [5.41, 5.74) is 0. The molecule has 0 fully saturated rings. The van der Waals surface area contributed by atoms with Crippen molar-refractivity contribution >= 4 is 5.97 Å². The summed E-state index contributed by atoms with van der Waals surface area (Å²) in [6.07, 6.45) is 5.41. The lowest BCUT2D eigenvalue weighted by Crippen LogP contribution is -2.19. The van der Waals surface area contributed by atoms with E-state index < -0.39 is 6.10 Å². The van der Waals surface area contributed by atoms with Crippen LogP contribution in [-0.2, 0) is 9.53 Å². The topological polar surface area (TPSA) is 46.5 Å². The molecule has 1 rings (SSSR count). The highest BCUT2D eigenvalue weighted by atomic mass is 16.6. The number of aliphatic hydroxyl groups excluding tert-OH is 1. The summed E-state index contributed by atoms with van der Waals surface area (Å²) in [4.78, 5) is 11.0. The van der Waals surface area contributed by atoms with Crippen LogP contribution in [-0.4, -0.2) is 17.2 Å². The van der Waals surface area contributed by atoms with Gasteiger partial charge in [0.05, 0.1) is 0 Å². The van der Waals surface area contributed by atoms with Gasteiger partial charge in [0.15, 0.2) is 6.10 Å². The molecule has 0 aromatic heterocycles. The summed E-state index contributed by atoms with van der Waals surface area (Å²) < 4.78 is 5.08. The molecule has 0 aliphatic heterocycles. The summed E-state index contributed by atoms with van der Waals surface area (Å²) in [5.74, 6) is -0.0221. The minimum atomic E-state index is -0.394. The Kier molecular flexibility index (Phi) is 3.80. The Morgan fingerprint density at radius 2 is 2.46 bits per heavy atom. The third-order valence-electron chi connectivity index (χ3n) is 2.17. The van der Waals surface area contributed by atoms with E-state index in [0.717, 1.165) is 25.7 Å². The van der Waals surface area contributed by atoms with E-state index in [1.807, 2.05) is 0 Å². The predicted octanol–water partition coefficient (Wildman–Crippen LogP) is 2.32. The van der Waals surface area contributed by atoms with E-state index in [4.69, 9.17) is 4.74 Å². The monoisotopic (exact) mass is 184 g/mol. The molecule has 1 aliphatic carbocycles. The molecule has 1 N–H and O–H groups in total. The molecule has 1 aliphatic rings. The second kappa shape index (κ2) is 4.90. The first-order valence-electron chi connectivity index (χ1n) is 4.82. The van der Waals surface area contributed by atoms with Crippen molar-refractivity contribution in [1.82, 2.24) is 0 Å². The van der Waals surface area contributed by atoms with Crippen LogP contribution in [0.5, 0.6) is 0 Å². The highest BCUT2D eigenvalue weighted by Gasteiger charge is 2.19. The van der Waals surface area contributed by atoms with E-state index in [9.17, 15) is 9.90 Å². The molecule has 1 atom stereocenters. The Morgan fingerprint density at radius 3 is 3.15 bits per heavy atom. The van der Waals surface area contributed by atoms with E-state index in [2.05, 4.69) is 0 Å². The summed E-state index contributed by atoms with van der Waals surface area (Å²) in [5, 5.41) is 9.48. The van der Waals surface area contributed by atoms with Crippen LogP contribution in [0.15, 0.2) is 11.8 Å². The molecule has 0 aromatic carbocycles. The SMILES string of the molecule is CCC(=O)OC1CCCCC=C1O. The Morgan fingerprint density at radius 1 is 1.69 bits per heavy atom. The maximum atomic E-state index is 11.0. The number of esters is 1. The molecule has 13 heavy (non-hydrogen) atoms. The van der Waals surface area contributed by atoms with Crippen LogP contribution in [0.3, 0.4) is 0 Å². The van der Waals surface area contributed by atoms with Crippen LogP contribution in [0.1, 0.15) is 39.0 Å². The molecule has 0 radical (unpaired) electrons. The van der Waals surface area contributed by atoms with Crippen LogP contribution in [0.25, 0.3) is 0 Å². The number of aliphatic hydroxyl groups is 1. The minimum absolute atomic E-state index is 0.222. The van der Waals surface area contributed by atoms with Gasteiger partial charge in [-0.3, -0.25) is 4.79 Å². The van der Waals surface area contributed by atoms with Crippen LogP contribution in [0.4, 0.5) is 0 Å². The first kappa shape index (κ1) is 10.1. The van der Waals surface area contributed by atoms with Crippen LogP contribution < -0.4 is 0 Å². The lowest BCUT2D eigenvalue weighted by molar-refractivity contribution is -0.148. The van der Waals surface area contributed by atoms with Crippen molar-refractivity contribution in [2.24, 2.45) is 0 Å². The number of hydrogen-bond donors (Lipinski definition) is 1. The summed E-state index contributed by atoms with van der Waals surface area (Å²) in [7, 11) is 0. The standard InChI is InChI=1S/C10H16O3/c1-2-10(12)13-9-7-5-3-4-6-8(9)11/h6,9,11H,2-5,7H2,1H3. The molecule has 0 spiro atoms. The van der Waals surface area contributed by atoms with E-state index in [0.29, 0.717) is 6.42 Å². The van der Waals surface area contributed by atoms with Crippen molar-refractivity contribution in [2.45, 2.75) is 45.1 Å². The quantitative estimate of drug-likeness (QED) is 0.670. The number of carbonyl (C=O) groups is 1. The number of hydrogen-bond acceptors (Lipinski definition) is 3. The van der Waals surface area contributed by atoms with Crippen molar-refractivity contribution in [3.8, 4) is 0 Å². The van der Waals surface area contributed by atoms with Crippen LogP contribution in [0.2, 0.25) is 0 Å². The maximum absolute atomic E-state index is 11.0. The molecule has 0 saturated carbocycles.